The van der Waals surface area contributed by atoms with Gasteiger partial charge in [-0.25, -0.2) is 0 Å². The standard InChI is InChI=1S/C4H10N2O2/c1-7-4(8-2)3-6-5/h3-4H,5H2,1-2H3/b6-3+. The molecule has 0 aromatic heterocycles. The van der Waals surface area contributed by atoms with Gasteiger partial charge in [-0.05, 0) is 0 Å². The molecule has 0 aromatic carbocycles. The third-order valence-corrected chi connectivity index (χ3v) is 0.672. The van der Waals surface area contributed by atoms with Crippen LogP contribution in [0.15, 0.2) is 5.10 Å². The SMILES string of the molecule is COC(/C=N/N)OC. The lowest BCUT2D eigenvalue weighted by molar-refractivity contribution is -0.0485. The number of methoxy groups -OCH3 is 2. The Balaban J connectivity index is 3.36. The molecule has 0 aliphatic rings. The van der Waals surface area contributed by atoms with Crippen molar-refractivity contribution in [1.82, 2.24) is 0 Å². The highest BCUT2D eigenvalue weighted by Crippen LogP contribution is 1.82. The Kier molecular flexibility index (Phi) is 4.20. The molecule has 8 heavy (non-hydrogen) atoms. The largest absolute Gasteiger partial charge is 0.351 e. The van der Waals surface area contributed by atoms with Crippen LogP contribution >= 0.6 is 0 Å². The van der Waals surface area contributed by atoms with Crippen LogP contribution in [0.5, 0.6) is 0 Å². The zero-order valence-corrected chi connectivity index (χ0v) is 5.00. The van der Waals surface area contributed by atoms with Crippen molar-refractivity contribution in [2.24, 2.45) is 10.9 Å². The Morgan fingerprint density at radius 1 is 1.50 bits per heavy atom. The molecule has 0 amide bonds. The van der Waals surface area contributed by atoms with Crippen molar-refractivity contribution in [3.8, 4) is 0 Å². The van der Waals surface area contributed by atoms with E-state index >= 15 is 0 Å². The second-order valence-corrected chi connectivity index (χ2v) is 1.14. The molecular formula is C4H10N2O2. The molecule has 0 spiro atoms. The van der Waals surface area contributed by atoms with Crippen molar-refractivity contribution < 1.29 is 9.47 Å². The van der Waals surface area contributed by atoms with E-state index in [1.165, 1.54) is 20.4 Å². The first-order valence-electron chi connectivity index (χ1n) is 2.14. The van der Waals surface area contributed by atoms with Gasteiger partial charge in [-0.2, -0.15) is 5.10 Å². The van der Waals surface area contributed by atoms with E-state index in [9.17, 15) is 0 Å². The highest BCUT2D eigenvalue weighted by molar-refractivity contribution is 5.60. The van der Waals surface area contributed by atoms with Crippen LogP contribution in [0.1, 0.15) is 0 Å². The summed E-state index contributed by atoms with van der Waals surface area (Å²) in [6, 6.07) is 0. The summed E-state index contributed by atoms with van der Waals surface area (Å²) in [5.74, 6) is 4.79. The van der Waals surface area contributed by atoms with Crippen LogP contribution in [0.25, 0.3) is 0 Å². The van der Waals surface area contributed by atoms with E-state index in [-0.39, 0.29) is 0 Å². The molecule has 0 saturated carbocycles. The van der Waals surface area contributed by atoms with Crippen molar-refractivity contribution in [1.29, 1.82) is 0 Å². The molecule has 48 valence electrons. The molecule has 0 radical (unpaired) electrons. The summed E-state index contributed by atoms with van der Waals surface area (Å²) in [5, 5.41) is 3.20. The molecular weight excluding hydrogens is 108 g/mol. The lowest BCUT2D eigenvalue weighted by Gasteiger charge is -2.04. The number of nitrogens with zero attached hydrogens (tertiary/aromatic N) is 1. The highest BCUT2D eigenvalue weighted by Gasteiger charge is 1.95. The molecule has 0 aliphatic carbocycles. The van der Waals surface area contributed by atoms with Crippen molar-refractivity contribution >= 4 is 6.21 Å². The molecule has 0 unspecified atom stereocenters. The minimum atomic E-state index is -0.417. The maximum Gasteiger partial charge on any atom is 0.195 e. The normalized spacial score (nSPS) is 11.4. The third-order valence-electron chi connectivity index (χ3n) is 0.672. The van der Waals surface area contributed by atoms with E-state index in [0.717, 1.165) is 0 Å². The average Bonchev–Trinajstić information content (AvgIpc) is 1.83. The van der Waals surface area contributed by atoms with Gasteiger partial charge in [0.25, 0.3) is 0 Å². The average molecular weight is 118 g/mol. The minimum absolute atomic E-state index is 0.417. The Morgan fingerprint density at radius 2 is 2.00 bits per heavy atom. The van der Waals surface area contributed by atoms with Gasteiger partial charge in [0.05, 0.1) is 6.21 Å². The molecule has 0 atom stereocenters. The summed E-state index contributed by atoms with van der Waals surface area (Å²) in [6.45, 7) is 0. The summed E-state index contributed by atoms with van der Waals surface area (Å²) >= 11 is 0. The van der Waals surface area contributed by atoms with E-state index in [1.54, 1.807) is 0 Å². The van der Waals surface area contributed by atoms with Crippen LogP contribution in [0.3, 0.4) is 0 Å². The quantitative estimate of drug-likeness (QED) is 0.236. The molecule has 0 aromatic rings. The monoisotopic (exact) mass is 118 g/mol. The second-order valence-electron chi connectivity index (χ2n) is 1.14. The van der Waals surface area contributed by atoms with Gasteiger partial charge in [0.2, 0.25) is 0 Å². The predicted molar refractivity (Wildman–Crippen MR) is 30.5 cm³/mol. The maximum absolute atomic E-state index is 4.79. The Morgan fingerprint density at radius 3 is 2.12 bits per heavy atom. The molecule has 0 bridgehead atoms. The molecule has 4 heteroatoms. The summed E-state index contributed by atoms with van der Waals surface area (Å²) in [4.78, 5) is 0. The number of hydrazone groups is 1. The first-order valence-corrected chi connectivity index (χ1v) is 2.14. The fraction of sp³-hybridized carbons (Fsp3) is 0.750. The van der Waals surface area contributed by atoms with Gasteiger partial charge in [0.1, 0.15) is 0 Å². The van der Waals surface area contributed by atoms with Gasteiger partial charge in [0.15, 0.2) is 6.29 Å². The van der Waals surface area contributed by atoms with Crippen LogP contribution < -0.4 is 5.84 Å². The van der Waals surface area contributed by atoms with Crippen molar-refractivity contribution in [2.45, 2.75) is 6.29 Å². The first kappa shape index (κ1) is 7.39. The number of hydrogen-bond donors (Lipinski definition) is 1. The molecule has 0 aliphatic heterocycles. The van der Waals surface area contributed by atoms with Crippen LogP contribution in [0.4, 0.5) is 0 Å². The third kappa shape index (κ3) is 2.54. The zero-order chi connectivity index (χ0) is 6.41. The lowest BCUT2D eigenvalue weighted by atomic mass is 10.7. The van der Waals surface area contributed by atoms with Gasteiger partial charge in [-0.15, -0.1) is 0 Å². The van der Waals surface area contributed by atoms with E-state index in [0.29, 0.717) is 0 Å². The Hall–Kier alpha value is -0.610. The maximum atomic E-state index is 4.79. The van der Waals surface area contributed by atoms with E-state index < -0.39 is 6.29 Å². The number of rotatable bonds is 3. The smallest absolute Gasteiger partial charge is 0.195 e. The van der Waals surface area contributed by atoms with Gasteiger partial charge in [-0.1, -0.05) is 0 Å². The summed E-state index contributed by atoms with van der Waals surface area (Å²) in [7, 11) is 3.02. The second kappa shape index (κ2) is 4.55. The Bertz CT molecular complexity index is 70.4. The highest BCUT2D eigenvalue weighted by atomic mass is 16.7. The molecule has 0 heterocycles. The van der Waals surface area contributed by atoms with Gasteiger partial charge in [-0.3, -0.25) is 0 Å². The van der Waals surface area contributed by atoms with Gasteiger partial charge in [0, 0.05) is 14.2 Å². The molecule has 0 fully saturated rings. The number of ether oxygens (including phenoxy) is 2. The first-order chi connectivity index (χ1) is 3.85. The van der Waals surface area contributed by atoms with Gasteiger partial charge >= 0.3 is 0 Å². The fourth-order valence-electron chi connectivity index (χ4n) is 0.288. The van der Waals surface area contributed by atoms with E-state index in [1.807, 2.05) is 0 Å². The predicted octanol–water partition coefficient (Wildman–Crippen LogP) is -0.450. The zero-order valence-electron chi connectivity index (χ0n) is 5.00. The molecule has 4 nitrogen and oxygen atoms in total. The molecule has 0 saturated heterocycles. The Labute approximate surface area is 48.3 Å². The van der Waals surface area contributed by atoms with Crippen LogP contribution in [0, 0.1) is 0 Å². The van der Waals surface area contributed by atoms with Gasteiger partial charge < -0.3 is 15.3 Å². The van der Waals surface area contributed by atoms with E-state index in [4.69, 9.17) is 5.84 Å². The van der Waals surface area contributed by atoms with Crippen molar-refractivity contribution in [3.05, 3.63) is 0 Å². The van der Waals surface area contributed by atoms with Crippen molar-refractivity contribution in [2.75, 3.05) is 14.2 Å². The van der Waals surface area contributed by atoms with Crippen LogP contribution in [-0.4, -0.2) is 26.7 Å². The molecule has 0 rings (SSSR count). The number of hydrogen-bond acceptors (Lipinski definition) is 4. The van der Waals surface area contributed by atoms with Crippen LogP contribution in [-0.2, 0) is 9.47 Å². The lowest BCUT2D eigenvalue weighted by Crippen LogP contribution is -2.14. The summed E-state index contributed by atoms with van der Waals surface area (Å²) in [5.41, 5.74) is 0. The minimum Gasteiger partial charge on any atom is -0.351 e. The van der Waals surface area contributed by atoms with Crippen molar-refractivity contribution in [3.63, 3.8) is 0 Å². The van der Waals surface area contributed by atoms with Crippen LogP contribution in [0.2, 0.25) is 0 Å². The fourth-order valence-corrected chi connectivity index (χ4v) is 0.288. The topological polar surface area (TPSA) is 56.8 Å². The summed E-state index contributed by atoms with van der Waals surface area (Å²) in [6.07, 6.45) is 0.944. The summed E-state index contributed by atoms with van der Waals surface area (Å²) < 4.78 is 9.38. The van der Waals surface area contributed by atoms with E-state index in [2.05, 4.69) is 14.6 Å². The number of nitrogens with two attached hydrogens (primary N) is 1. The molecule has 2 N–H and O–H groups in total.